The highest BCUT2D eigenvalue weighted by molar-refractivity contribution is 7.93. The van der Waals surface area contributed by atoms with E-state index in [1.807, 2.05) is 32.0 Å². The lowest BCUT2D eigenvalue weighted by Gasteiger charge is -2.30. The van der Waals surface area contributed by atoms with Crippen LogP contribution in [0.2, 0.25) is 0 Å². The summed E-state index contributed by atoms with van der Waals surface area (Å²) in [4.78, 5) is 9.60. The predicted molar refractivity (Wildman–Crippen MR) is 125 cm³/mol. The van der Waals surface area contributed by atoms with Crippen LogP contribution >= 0.6 is 11.3 Å². The summed E-state index contributed by atoms with van der Waals surface area (Å²) in [7, 11) is -5.08. The molecule has 0 spiro atoms. The summed E-state index contributed by atoms with van der Waals surface area (Å²) in [5.74, 6) is 0.260. The number of aryl methyl sites for hydroxylation is 2. The summed E-state index contributed by atoms with van der Waals surface area (Å²) in [5, 5.41) is 0.888. The summed E-state index contributed by atoms with van der Waals surface area (Å²) in [6.07, 6.45) is 1.77. The number of thiazole rings is 1. The zero-order valence-corrected chi connectivity index (χ0v) is 19.4. The standard InChI is InChI=1S/C22H19N3O3S3/c1-14-3-6-18(23-13-14)16-4-8-22-20(11-16)25(9-10-30(22)26)31(27,28)17-5-7-19-21(12-17)29-15(2)24-19/h3-8,11-13H,9-10H2,1-2H3. The number of fused-ring (bicyclic) bond motifs is 2. The first-order chi connectivity index (χ1) is 14.8. The Kier molecular flexibility index (Phi) is 4.91. The molecular weight excluding hydrogens is 450 g/mol. The van der Waals surface area contributed by atoms with E-state index in [9.17, 15) is 12.6 Å². The van der Waals surface area contributed by atoms with Crippen LogP contribution in [-0.2, 0) is 20.8 Å². The number of rotatable bonds is 3. The smallest absolute Gasteiger partial charge is 0.264 e. The van der Waals surface area contributed by atoms with E-state index in [-0.39, 0.29) is 17.2 Å². The molecule has 5 rings (SSSR count). The molecule has 0 bridgehead atoms. The molecule has 6 nitrogen and oxygen atoms in total. The maximum absolute atomic E-state index is 13.6. The summed E-state index contributed by atoms with van der Waals surface area (Å²) in [5.41, 5.74) is 3.80. The fraction of sp³-hybridized carbons (Fsp3) is 0.182. The maximum atomic E-state index is 13.6. The van der Waals surface area contributed by atoms with Gasteiger partial charge in [0.25, 0.3) is 10.0 Å². The van der Waals surface area contributed by atoms with Gasteiger partial charge in [-0.2, -0.15) is 0 Å². The van der Waals surface area contributed by atoms with Gasteiger partial charge in [0.2, 0.25) is 0 Å². The topological polar surface area (TPSA) is 80.2 Å². The molecule has 0 aliphatic carbocycles. The van der Waals surface area contributed by atoms with Crippen molar-refractivity contribution in [2.75, 3.05) is 16.6 Å². The maximum Gasteiger partial charge on any atom is 0.264 e. The number of nitrogens with zero attached hydrogens (tertiary/aromatic N) is 3. The number of anilines is 1. The molecule has 0 radical (unpaired) electrons. The quantitative estimate of drug-likeness (QED) is 0.447. The number of aromatic nitrogens is 2. The second-order valence-electron chi connectivity index (χ2n) is 7.39. The largest absolute Gasteiger partial charge is 0.264 e. The Morgan fingerprint density at radius 2 is 1.90 bits per heavy atom. The van der Waals surface area contributed by atoms with E-state index >= 15 is 0 Å². The van der Waals surface area contributed by atoms with E-state index in [0.717, 1.165) is 32.0 Å². The Hall–Kier alpha value is -2.62. The highest BCUT2D eigenvalue weighted by Gasteiger charge is 2.32. The normalized spacial score (nSPS) is 16.5. The number of pyridine rings is 1. The van der Waals surface area contributed by atoms with Crippen LogP contribution in [0.1, 0.15) is 10.6 Å². The van der Waals surface area contributed by atoms with Gasteiger partial charge in [-0.1, -0.05) is 12.1 Å². The molecule has 3 heterocycles. The molecule has 0 saturated carbocycles. The lowest BCUT2D eigenvalue weighted by Crippen LogP contribution is -2.38. The molecule has 0 amide bonds. The van der Waals surface area contributed by atoms with Crippen molar-refractivity contribution in [1.29, 1.82) is 0 Å². The molecule has 0 saturated heterocycles. The van der Waals surface area contributed by atoms with Gasteiger partial charge in [0.1, 0.15) is 0 Å². The van der Waals surface area contributed by atoms with E-state index in [0.29, 0.717) is 10.6 Å². The number of hydrogen-bond donors (Lipinski definition) is 0. The van der Waals surface area contributed by atoms with Crippen LogP contribution in [-0.4, -0.2) is 34.9 Å². The minimum absolute atomic E-state index is 0.159. The molecular formula is C22H19N3O3S3. The van der Waals surface area contributed by atoms with Crippen molar-refractivity contribution in [3.8, 4) is 11.3 Å². The lowest BCUT2D eigenvalue weighted by molar-refractivity contribution is 0.591. The Morgan fingerprint density at radius 1 is 1.06 bits per heavy atom. The summed E-state index contributed by atoms with van der Waals surface area (Å²) in [6.45, 7) is 4.02. The van der Waals surface area contributed by atoms with Crippen molar-refractivity contribution in [1.82, 2.24) is 9.97 Å². The Bertz CT molecular complexity index is 1440. The molecule has 1 unspecified atom stereocenters. The Morgan fingerprint density at radius 3 is 2.68 bits per heavy atom. The third-order valence-electron chi connectivity index (χ3n) is 5.21. The zero-order chi connectivity index (χ0) is 21.8. The third-order valence-corrected chi connectivity index (χ3v) is 9.35. The van der Waals surface area contributed by atoms with Gasteiger partial charge in [0.15, 0.2) is 0 Å². The molecule has 158 valence electrons. The van der Waals surface area contributed by atoms with Gasteiger partial charge in [-0.25, -0.2) is 13.4 Å². The molecule has 2 aromatic heterocycles. The first-order valence-corrected chi connectivity index (χ1v) is 13.3. The average Bonchev–Trinajstić information content (AvgIpc) is 3.13. The van der Waals surface area contributed by atoms with Crippen LogP contribution in [0.25, 0.3) is 21.5 Å². The van der Waals surface area contributed by atoms with Crippen LogP contribution in [0, 0.1) is 13.8 Å². The van der Waals surface area contributed by atoms with Crippen molar-refractivity contribution >= 4 is 48.1 Å². The minimum Gasteiger partial charge on any atom is -0.264 e. The lowest BCUT2D eigenvalue weighted by atomic mass is 10.1. The molecule has 4 aromatic rings. The van der Waals surface area contributed by atoms with Crippen LogP contribution in [0.15, 0.2) is 64.5 Å². The first-order valence-electron chi connectivity index (χ1n) is 9.68. The molecule has 31 heavy (non-hydrogen) atoms. The summed E-state index contributed by atoms with van der Waals surface area (Å²) < 4.78 is 42.0. The summed E-state index contributed by atoms with van der Waals surface area (Å²) in [6, 6.07) is 14.2. The molecule has 1 aliphatic rings. The monoisotopic (exact) mass is 469 g/mol. The molecule has 0 N–H and O–H groups in total. The van der Waals surface area contributed by atoms with Crippen molar-refractivity contribution in [3.05, 3.63) is 65.3 Å². The van der Waals surface area contributed by atoms with Gasteiger partial charge < -0.3 is 0 Å². The van der Waals surface area contributed by atoms with Crippen molar-refractivity contribution in [2.24, 2.45) is 0 Å². The molecule has 1 aliphatic heterocycles. The Balaban J connectivity index is 1.63. The molecule has 2 aromatic carbocycles. The van der Waals surface area contributed by atoms with Crippen molar-refractivity contribution < 1.29 is 12.6 Å². The van der Waals surface area contributed by atoms with Crippen molar-refractivity contribution in [2.45, 2.75) is 23.6 Å². The Labute approximate surface area is 187 Å². The molecule has 0 fully saturated rings. The van der Waals surface area contributed by atoms with E-state index in [2.05, 4.69) is 9.97 Å². The fourth-order valence-electron chi connectivity index (χ4n) is 3.66. The van der Waals surface area contributed by atoms with Gasteiger partial charge in [-0.3, -0.25) is 13.5 Å². The second kappa shape index (κ2) is 7.51. The molecule has 1 atom stereocenters. The van der Waals surface area contributed by atoms with Crippen LogP contribution in [0.3, 0.4) is 0 Å². The van der Waals surface area contributed by atoms with E-state index in [1.165, 1.54) is 15.6 Å². The van der Waals surface area contributed by atoms with Crippen molar-refractivity contribution in [3.63, 3.8) is 0 Å². The number of hydrogen-bond acceptors (Lipinski definition) is 6. The van der Waals surface area contributed by atoms with Gasteiger partial charge in [0, 0.05) is 24.1 Å². The minimum atomic E-state index is -3.83. The summed E-state index contributed by atoms with van der Waals surface area (Å²) >= 11 is 1.46. The van der Waals surface area contributed by atoms with Gasteiger partial charge in [-0.05, 0) is 55.8 Å². The zero-order valence-electron chi connectivity index (χ0n) is 16.9. The predicted octanol–water partition coefficient (Wildman–Crippen LogP) is 4.29. The van der Waals surface area contributed by atoms with Crippen LogP contribution in [0.5, 0.6) is 0 Å². The first kappa shape index (κ1) is 20.3. The van der Waals surface area contributed by atoms with Crippen LogP contribution < -0.4 is 4.31 Å². The molecule has 9 heteroatoms. The van der Waals surface area contributed by atoms with Crippen LogP contribution in [0.4, 0.5) is 5.69 Å². The number of benzene rings is 2. The third kappa shape index (κ3) is 3.56. The SMILES string of the molecule is Cc1ccc(-c2ccc3c(c2)N(S(=O)(=O)c2ccc4nc(C)sc4c2)CCS3=O)nc1. The fourth-order valence-corrected chi connectivity index (χ4v) is 7.46. The van der Waals surface area contributed by atoms with E-state index < -0.39 is 20.8 Å². The van der Waals surface area contributed by atoms with E-state index in [1.54, 1.807) is 36.5 Å². The van der Waals surface area contributed by atoms with Gasteiger partial charge in [0.05, 0.1) is 47.2 Å². The van der Waals surface area contributed by atoms with Gasteiger partial charge in [-0.15, -0.1) is 11.3 Å². The number of sulfonamides is 1. The van der Waals surface area contributed by atoms with E-state index in [4.69, 9.17) is 0 Å². The highest BCUT2D eigenvalue weighted by Crippen LogP contribution is 2.36. The highest BCUT2D eigenvalue weighted by atomic mass is 32.2. The average molecular weight is 470 g/mol. The van der Waals surface area contributed by atoms with Gasteiger partial charge >= 0.3 is 0 Å². The second-order valence-corrected chi connectivity index (χ2v) is 12.0.